The van der Waals surface area contributed by atoms with Crippen molar-refractivity contribution in [3.63, 3.8) is 0 Å². The van der Waals surface area contributed by atoms with Crippen LogP contribution in [-0.2, 0) is 17.7 Å². The van der Waals surface area contributed by atoms with Gasteiger partial charge in [0.15, 0.2) is 5.82 Å². The highest BCUT2D eigenvalue weighted by atomic mass is 32.1. The SMILES string of the molecule is COC(=O)c1csc2cc(C(=O)Nc3cc4n(n3)CCN4c3ccc4c(c3)CCN(C)C4=O)ccc12. The van der Waals surface area contributed by atoms with Crippen LogP contribution in [0.15, 0.2) is 47.8 Å². The molecule has 182 valence electrons. The van der Waals surface area contributed by atoms with Crippen molar-refractivity contribution in [2.24, 2.45) is 0 Å². The van der Waals surface area contributed by atoms with Crippen LogP contribution in [0.3, 0.4) is 0 Å². The molecule has 0 fully saturated rings. The lowest BCUT2D eigenvalue weighted by Crippen LogP contribution is -2.34. The average Bonchev–Trinajstić information content (AvgIpc) is 3.59. The van der Waals surface area contributed by atoms with E-state index in [1.54, 1.807) is 28.5 Å². The number of aromatic nitrogens is 2. The number of thiophene rings is 1. The third-order valence-electron chi connectivity index (χ3n) is 6.75. The summed E-state index contributed by atoms with van der Waals surface area (Å²) in [6.45, 7) is 2.17. The highest BCUT2D eigenvalue weighted by Crippen LogP contribution is 2.34. The number of methoxy groups -OCH3 is 1. The summed E-state index contributed by atoms with van der Waals surface area (Å²) in [6.07, 6.45) is 0.829. The van der Waals surface area contributed by atoms with Gasteiger partial charge in [0, 0.05) is 58.5 Å². The van der Waals surface area contributed by atoms with E-state index in [2.05, 4.69) is 21.4 Å². The molecule has 0 bridgehead atoms. The maximum absolute atomic E-state index is 13.0. The van der Waals surface area contributed by atoms with Crippen molar-refractivity contribution in [3.8, 4) is 0 Å². The van der Waals surface area contributed by atoms with E-state index >= 15 is 0 Å². The van der Waals surface area contributed by atoms with Gasteiger partial charge >= 0.3 is 5.97 Å². The quantitative estimate of drug-likeness (QED) is 0.426. The molecule has 2 aromatic heterocycles. The molecule has 6 rings (SSSR count). The molecule has 10 heteroatoms. The van der Waals surface area contributed by atoms with Crippen LogP contribution < -0.4 is 10.2 Å². The number of anilines is 3. The Labute approximate surface area is 210 Å². The van der Waals surface area contributed by atoms with Gasteiger partial charge in [-0.1, -0.05) is 6.07 Å². The summed E-state index contributed by atoms with van der Waals surface area (Å²) < 4.78 is 7.53. The number of hydrogen-bond donors (Lipinski definition) is 1. The third-order valence-corrected chi connectivity index (χ3v) is 7.69. The first kappa shape index (κ1) is 22.3. The van der Waals surface area contributed by atoms with Gasteiger partial charge in [-0.3, -0.25) is 9.59 Å². The molecule has 0 atom stereocenters. The second-order valence-electron chi connectivity index (χ2n) is 8.89. The van der Waals surface area contributed by atoms with Crippen LogP contribution in [0.25, 0.3) is 10.1 Å². The van der Waals surface area contributed by atoms with E-state index in [0.717, 1.165) is 45.7 Å². The Bertz CT molecular complexity index is 1560. The van der Waals surface area contributed by atoms with E-state index in [4.69, 9.17) is 4.74 Å². The smallest absolute Gasteiger partial charge is 0.339 e. The molecule has 2 aliphatic rings. The van der Waals surface area contributed by atoms with Gasteiger partial charge in [0.2, 0.25) is 0 Å². The van der Waals surface area contributed by atoms with Crippen LogP contribution in [0.5, 0.6) is 0 Å². The number of fused-ring (bicyclic) bond motifs is 3. The van der Waals surface area contributed by atoms with E-state index in [9.17, 15) is 14.4 Å². The summed E-state index contributed by atoms with van der Waals surface area (Å²) in [5, 5.41) is 9.96. The molecule has 0 spiro atoms. The minimum absolute atomic E-state index is 0.0570. The van der Waals surface area contributed by atoms with Crippen molar-refractivity contribution in [2.45, 2.75) is 13.0 Å². The van der Waals surface area contributed by atoms with Crippen molar-refractivity contribution in [1.82, 2.24) is 14.7 Å². The van der Waals surface area contributed by atoms with Crippen molar-refractivity contribution >= 4 is 56.5 Å². The van der Waals surface area contributed by atoms with Gasteiger partial charge in [-0.15, -0.1) is 11.3 Å². The molecule has 0 radical (unpaired) electrons. The predicted molar refractivity (Wildman–Crippen MR) is 137 cm³/mol. The molecule has 9 nitrogen and oxygen atoms in total. The highest BCUT2D eigenvalue weighted by Gasteiger charge is 2.27. The van der Waals surface area contributed by atoms with E-state index in [1.165, 1.54) is 18.4 Å². The first-order chi connectivity index (χ1) is 17.4. The van der Waals surface area contributed by atoms with Gasteiger partial charge in [0.1, 0.15) is 5.82 Å². The Balaban J connectivity index is 1.22. The lowest BCUT2D eigenvalue weighted by molar-refractivity contribution is 0.0603. The van der Waals surface area contributed by atoms with Gasteiger partial charge in [0.25, 0.3) is 11.8 Å². The van der Waals surface area contributed by atoms with Crippen LogP contribution >= 0.6 is 11.3 Å². The average molecular weight is 502 g/mol. The topological polar surface area (TPSA) is 96.8 Å². The summed E-state index contributed by atoms with van der Waals surface area (Å²) in [4.78, 5) is 41.2. The maximum Gasteiger partial charge on any atom is 0.339 e. The summed E-state index contributed by atoms with van der Waals surface area (Å²) in [5.41, 5.74) is 3.80. The lowest BCUT2D eigenvalue weighted by Gasteiger charge is -2.26. The third kappa shape index (κ3) is 3.61. The van der Waals surface area contributed by atoms with E-state index in [0.29, 0.717) is 30.0 Å². The molecule has 2 amide bonds. The molecular weight excluding hydrogens is 478 g/mol. The fourth-order valence-electron chi connectivity index (χ4n) is 4.81. The Morgan fingerprint density at radius 1 is 1.08 bits per heavy atom. The summed E-state index contributed by atoms with van der Waals surface area (Å²) in [6, 6.07) is 13.0. The number of carbonyl (C=O) groups excluding carboxylic acids is 3. The number of carbonyl (C=O) groups is 3. The minimum atomic E-state index is -0.395. The number of esters is 1. The second kappa shape index (κ2) is 8.49. The molecule has 0 aliphatic carbocycles. The molecule has 0 unspecified atom stereocenters. The van der Waals surface area contributed by atoms with Gasteiger partial charge in [-0.05, 0) is 42.3 Å². The standard InChI is InChI=1S/C26H23N5O4S/c1-29-8-7-15-11-17(4-6-18(15)25(29)33)30-9-10-31-23(30)13-22(28-31)27-24(32)16-3-5-19-20(26(34)35-2)14-36-21(19)12-16/h3-6,11-14H,7-10H2,1-2H3,(H,27,28,32). The van der Waals surface area contributed by atoms with Crippen molar-refractivity contribution < 1.29 is 19.1 Å². The van der Waals surface area contributed by atoms with Gasteiger partial charge in [0.05, 0.1) is 19.2 Å². The fraction of sp³-hybridized carbons (Fsp3) is 0.231. The number of likely N-dealkylation sites (N-methyl/N-ethyl adjacent to an activating group) is 1. The first-order valence-electron chi connectivity index (χ1n) is 11.6. The maximum atomic E-state index is 13.0. The van der Waals surface area contributed by atoms with Crippen LogP contribution in [0.2, 0.25) is 0 Å². The molecule has 1 N–H and O–H groups in total. The normalized spacial score (nSPS) is 14.7. The highest BCUT2D eigenvalue weighted by molar-refractivity contribution is 7.17. The van der Waals surface area contributed by atoms with E-state index < -0.39 is 5.97 Å². The van der Waals surface area contributed by atoms with Crippen LogP contribution in [0.4, 0.5) is 17.3 Å². The Hall–Kier alpha value is -4.18. The van der Waals surface area contributed by atoms with Gasteiger partial charge < -0.3 is 19.9 Å². The molecular formula is C26H23N5O4S. The summed E-state index contributed by atoms with van der Waals surface area (Å²) >= 11 is 1.39. The van der Waals surface area contributed by atoms with Crippen LogP contribution in [0.1, 0.15) is 36.6 Å². The zero-order valence-corrected chi connectivity index (χ0v) is 20.6. The largest absolute Gasteiger partial charge is 0.465 e. The first-order valence-corrected chi connectivity index (χ1v) is 12.5. The molecule has 4 aromatic rings. The Morgan fingerprint density at radius 2 is 1.94 bits per heavy atom. The summed E-state index contributed by atoms with van der Waals surface area (Å²) in [5.74, 6) is 0.747. The van der Waals surface area contributed by atoms with Gasteiger partial charge in [-0.2, -0.15) is 5.10 Å². The Morgan fingerprint density at radius 3 is 2.78 bits per heavy atom. The second-order valence-corrected chi connectivity index (χ2v) is 9.80. The molecule has 0 saturated heterocycles. The molecule has 36 heavy (non-hydrogen) atoms. The number of nitrogens with one attached hydrogen (secondary N) is 1. The number of rotatable bonds is 4. The minimum Gasteiger partial charge on any atom is -0.465 e. The number of nitrogens with zero attached hydrogens (tertiary/aromatic N) is 4. The van der Waals surface area contributed by atoms with Crippen LogP contribution in [0, 0.1) is 0 Å². The lowest BCUT2D eigenvalue weighted by atomic mass is 9.98. The van der Waals surface area contributed by atoms with Gasteiger partial charge in [-0.25, -0.2) is 9.48 Å². The van der Waals surface area contributed by atoms with Crippen molar-refractivity contribution in [1.29, 1.82) is 0 Å². The molecule has 2 aliphatic heterocycles. The van der Waals surface area contributed by atoms with E-state index in [1.807, 2.05) is 29.9 Å². The summed E-state index contributed by atoms with van der Waals surface area (Å²) in [7, 11) is 3.18. The Kier molecular flexibility index (Phi) is 5.26. The van der Waals surface area contributed by atoms with E-state index in [-0.39, 0.29) is 11.8 Å². The van der Waals surface area contributed by atoms with Crippen molar-refractivity contribution in [3.05, 3.63) is 70.1 Å². The zero-order chi connectivity index (χ0) is 25.0. The number of ether oxygens (including phenoxy) is 1. The molecule has 4 heterocycles. The fourth-order valence-corrected chi connectivity index (χ4v) is 5.77. The molecule has 0 saturated carbocycles. The predicted octanol–water partition coefficient (Wildman–Crippen LogP) is 3.92. The monoisotopic (exact) mass is 501 g/mol. The van der Waals surface area contributed by atoms with Crippen molar-refractivity contribution in [2.75, 3.05) is 37.5 Å². The molecule has 2 aromatic carbocycles. The van der Waals surface area contributed by atoms with Crippen LogP contribution in [-0.4, -0.2) is 59.7 Å². The number of hydrogen-bond acceptors (Lipinski definition) is 7. The number of amides is 2. The zero-order valence-electron chi connectivity index (χ0n) is 19.8. The number of benzene rings is 2.